The smallest absolute Gasteiger partial charge is 0.171 e. The summed E-state index contributed by atoms with van der Waals surface area (Å²) < 4.78 is 19.9. The molecule has 4 heteroatoms. The van der Waals surface area contributed by atoms with Crippen molar-refractivity contribution in [1.29, 1.82) is 0 Å². The maximum atomic E-state index is 14.6. The molecule has 1 aromatic rings. The van der Waals surface area contributed by atoms with Crippen LogP contribution in [0.3, 0.4) is 0 Å². The Bertz CT molecular complexity index is 430. The van der Waals surface area contributed by atoms with Gasteiger partial charge in [-0.05, 0) is 13.8 Å². The van der Waals surface area contributed by atoms with Crippen molar-refractivity contribution in [2.45, 2.75) is 31.7 Å². The molecular weight excluding hydrogens is 235 g/mol. The van der Waals surface area contributed by atoms with Gasteiger partial charge in [-0.1, -0.05) is 30.3 Å². The van der Waals surface area contributed by atoms with E-state index in [0.29, 0.717) is 5.56 Å². The Balaban J connectivity index is 2.33. The van der Waals surface area contributed by atoms with Crippen LogP contribution in [-0.2, 0) is 4.74 Å². The van der Waals surface area contributed by atoms with E-state index in [1.54, 1.807) is 37.3 Å². The highest BCUT2D eigenvalue weighted by molar-refractivity contribution is 5.99. The first kappa shape index (κ1) is 13.2. The lowest BCUT2D eigenvalue weighted by Crippen LogP contribution is -2.41. The molecule has 0 bridgehead atoms. The molecule has 4 atom stereocenters. The van der Waals surface area contributed by atoms with Gasteiger partial charge in [0.25, 0.3) is 0 Å². The normalized spacial score (nSPS) is 35.7. The maximum Gasteiger partial charge on any atom is 0.171 e. The van der Waals surface area contributed by atoms with Crippen LogP contribution in [0.25, 0.3) is 0 Å². The van der Waals surface area contributed by atoms with E-state index in [9.17, 15) is 14.3 Å². The summed E-state index contributed by atoms with van der Waals surface area (Å²) in [6, 6.07) is 8.56. The van der Waals surface area contributed by atoms with Crippen molar-refractivity contribution >= 4 is 5.78 Å². The zero-order valence-electron chi connectivity index (χ0n) is 10.5. The number of carbonyl (C=O) groups excluding carboxylic acids is 1. The highest BCUT2D eigenvalue weighted by atomic mass is 19.1. The topological polar surface area (TPSA) is 46.5 Å². The van der Waals surface area contributed by atoms with Crippen molar-refractivity contribution in [2.75, 3.05) is 6.61 Å². The maximum absolute atomic E-state index is 14.6. The first-order valence-corrected chi connectivity index (χ1v) is 6.03. The highest BCUT2D eigenvalue weighted by Gasteiger charge is 2.55. The number of halogens is 1. The summed E-state index contributed by atoms with van der Waals surface area (Å²) in [7, 11) is 0. The molecule has 18 heavy (non-hydrogen) atoms. The molecule has 0 aromatic heterocycles. The summed E-state index contributed by atoms with van der Waals surface area (Å²) in [5, 5.41) is 9.24. The number of hydrogen-bond acceptors (Lipinski definition) is 3. The van der Waals surface area contributed by atoms with Crippen molar-refractivity contribution < 1.29 is 19.0 Å². The molecule has 0 spiro atoms. The summed E-state index contributed by atoms with van der Waals surface area (Å²) in [6.07, 6.45) is -1.48. The summed E-state index contributed by atoms with van der Waals surface area (Å²) in [6.45, 7) is 2.59. The molecule has 0 aliphatic carbocycles. The Morgan fingerprint density at radius 1 is 1.44 bits per heavy atom. The number of rotatable bonds is 3. The monoisotopic (exact) mass is 252 g/mol. The quantitative estimate of drug-likeness (QED) is 0.837. The van der Waals surface area contributed by atoms with Gasteiger partial charge in [0.1, 0.15) is 5.67 Å². The Kier molecular flexibility index (Phi) is 3.50. The average Bonchev–Trinajstić information content (AvgIpc) is 2.60. The van der Waals surface area contributed by atoms with Crippen molar-refractivity contribution in [1.82, 2.24) is 0 Å². The van der Waals surface area contributed by atoms with Crippen LogP contribution in [0.1, 0.15) is 24.2 Å². The molecule has 0 radical (unpaired) electrons. The standard InChI is InChI=1S/C14H17FO3/c1-9-14(2,15)12(11(8-16)18-9)13(17)10-6-4-3-5-7-10/h3-7,9,11-12,16H,8H2,1-2H3/t9?,11-,12+,14+/m1/s1. The highest BCUT2D eigenvalue weighted by Crippen LogP contribution is 2.41. The van der Waals surface area contributed by atoms with Gasteiger partial charge in [-0.3, -0.25) is 4.79 Å². The third-order valence-electron chi connectivity index (χ3n) is 3.67. The Labute approximate surface area is 106 Å². The minimum absolute atomic E-state index is 0.316. The predicted molar refractivity (Wildman–Crippen MR) is 65.2 cm³/mol. The number of hydrogen-bond donors (Lipinski definition) is 1. The van der Waals surface area contributed by atoms with Gasteiger partial charge in [-0.2, -0.15) is 0 Å². The molecule has 0 amide bonds. The van der Waals surface area contributed by atoms with Gasteiger partial charge < -0.3 is 9.84 Å². The van der Waals surface area contributed by atoms with Crippen LogP contribution in [0.15, 0.2) is 30.3 Å². The number of alkyl halides is 1. The minimum atomic E-state index is -1.76. The van der Waals surface area contributed by atoms with E-state index in [1.165, 1.54) is 6.92 Å². The lowest BCUT2D eigenvalue weighted by Gasteiger charge is -2.24. The van der Waals surface area contributed by atoms with Crippen LogP contribution in [0.2, 0.25) is 0 Å². The van der Waals surface area contributed by atoms with Gasteiger partial charge in [0.15, 0.2) is 5.78 Å². The second kappa shape index (κ2) is 4.78. The number of aliphatic hydroxyl groups excluding tert-OH is 1. The molecular formula is C14H17FO3. The fraction of sp³-hybridized carbons (Fsp3) is 0.500. The molecule has 3 nitrogen and oxygen atoms in total. The second-order valence-electron chi connectivity index (χ2n) is 4.86. The van der Waals surface area contributed by atoms with Crippen LogP contribution in [0, 0.1) is 5.92 Å². The molecule has 1 saturated heterocycles. The molecule has 98 valence electrons. The van der Waals surface area contributed by atoms with Crippen molar-refractivity contribution in [3.8, 4) is 0 Å². The number of carbonyl (C=O) groups is 1. The first-order chi connectivity index (χ1) is 8.48. The van der Waals surface area contributed by atoms with E-state index in [2.05, 4.69) is 0 Å². The number of Topliss-reactive ketones (excluding diaryl/α,β-unsaturated/α-hetero) is 1. The second-order valence-corrected chi connectivity index (χ2v) is 4.86. The molecule has 1 aromatic carbocycles. The van der Waals surface area contributed by atoms with E-state index in [0.717, 1.165) is 0 Å². The molecule has 1 unspecified atom stereocenters. The van der Waals surface area contributed by atoms with Gasteiger partial charge in [0.2, 0.25) is 0 Å². The number of aliphatic hydroxyl groups is 1. The van der Waals surface area contributed by atoms with Crippen LogP contribution in [-0.4, -0.2) is 35.4 Å². The van der Waals surface area contributed by atoms with E-state index in [1.807, 2.05) is 0 Å². The van der Waals surface area contributed by atoms with E-state index in [-0.39, 0.29) is 12.4 Å². The fourth-order valence-electron chi connectivity index (χ4n) is 2.45. The molecule has 1 heterocycles. The number of benzene rings is 1. The summed E-state index contributed by atoms with van der Waals surface area (Å²) in [5.41, 5.74) is -1.32. The predicted octanol–water partition coefficient (Wildman–Crippen LogP) is 1.99. The van der Waals surface area contributed by atoms with Crippen LogP contribution in [0.4, 0.5) is 4.39 Å². The number of ketones is 1. The summed E-state index contributed by atoms with van der Waals surface area (Å²) in [5.74, 6) is -1.27. The summed E-state index contributed by atoms with van der Waals surface area (Å²) >= 11 is 0. The molecule has 2 rings (SSSR count). The van der Waals surface area contributed by atoms with Crippen LogP contribution < -0.4 is 0 Å². The zero-order chi connectivity index (χ0) is 13.3. The van der Waals surface area contributed by atoms with Gasteiger partial charge in [0.05, 0.1) is 24.7 Å². The third kappa shape index (κ3) is 2.06. The van der Waals surface area contributed by atoms with Gasteiger partial charge >= 0.3 is 0 Å². The summed E-state index contributed by atoms with van der Waals surface area (Å²) in [4.78, 5) is 12.3. The van der Waals surface area contributed by atoms with E-state index < -0.39 is 23.8 Å². The lowest BCUT2D eigenvalue weighted by atomic mass is 9.81. The Morgan fingerprint density at radius 2 is 2.06 bits per heavy atom. The van der Waals surface area contributed by atoms with E-state index in [4.69, 9.17) is 4.74 Å². The van der Waals surface area contributed by atoms with Gasteiger partial charge in [0, 0.05) is 5.56 Å². The zero-order valence-corrected chi connectivity index (χ0v) is 10.5. The Morgan fingerprint density at radius 3 is 2.61 bits per heavy atom. The molecule has 1 fully saturated rings. The van der Waals surface area contributed by atoms with Crippen LogP contribution >= 0.6 is 0 Å². The number of ether oxygens (including phenoxy) is 1. The first-order valence-electron chi connectivity index (χ1n) is 6.03. The largest absolute Gasteiger partial charge is 0.394 e. The van der Waals surface area contributed by atoms with Gasteiger partial charge in [-0.25, -0.2) is 4.39 Å². The van der Waals surface area contributed by atoms with Gasteiger partial charge in [-0.15, -0.1) is 0 Å². The molecule has 1 aliphatic heterocycles. The molecule has 1 N–H and O–H groups in total. The SMILES string of the molecule is CC1O[C@H](CO)[C@@H](C(=O)c2ccccc2)[C@@]1(C)F. The van der Waals surface area contributed by atoms with Crippen molar-refractivity contribution in [2.24, 2.45) is 5.92 Å². The average molecular weight is 252 g/mol. The molecule has 1 aliphatic rings. The minimum Gasteiger partial charge on any atom is -0.394 e. The fourth-order valence-corrected chi connectivity index (χ4v) is 2.45. The Hall–Kier alpha value is -1.26. The van der Waals surface area contributed by atoms with Crippen molar-refractivity contribution in [3.63, 3.8) is 0 Å². The molecule has 0 saturated carbocycles. The van der Waals surface area contributed by atoms with Crippen molar-refractivity contribution in [3.05, 3.63) is 35.9 Å². The lowest BCUT2D eigenvalue weighted by molar-refractivity contribution is -0.00534. The van der Waals surface area contributed by atoms with E-state index >= 15 is 0 Å². The third-order valence-corrected chi connectivity index (χ3v) is 3.67. The van der Waals surface area contributed by atoms with Crippen LogP contribution in [0.5, 0.6) is 0 Å².